The van der Waals surface area contributed by atoms with Gasteiger partial charge in [0.05, 0.1) is 17.5 Å². The summed E-state index contributed by atoms with van der Waals surface area (Å²) >= 11 is 0. The number of pyridine rings is 1. The Morgan fingerprint density at radius 1 is 1.35 bits per heavy atom. The molecule has 0 aliphatic carbocycles. The Bertz CT molecular complexity index is 441. The van der Waals surface area contributed by atoms with Crippen LogP contribution in [-0.2, 0) is 16.6 Å². The van der Waals surface area contributed by atoms with Crippen molar-refractivity contribution in [1.29, 1.82) is 0 Å². The van der Waals surface area contributed by atoms with Gasteiger partial charge in [0, 0.05) is 6.20 Å². The molecule has 0 spiro atoms. The summed E-state index contributed by atoms with van der Waals surface area (Å²) in [5, 5.41) is 2.89. The maximum atomic E-state index is 12.0. The van der Waals surface area contributed by atoms with Gasteiger partial charge in [-0.25, -0.2) is 13.1 Å². The van der Waals surface area contributed by atoms with Crippen LogP contribution in [0.5, 0.6) is 0 Å². The maximum absolute atomic E-state index is 12.0. The monoisotopic (exact) mass is 255 g/mol. The number of hydrogen-bond donors (Lipinski definition) is 2. The number of aromatic nitrogens is 1. The highest BCUT2D eigenvalue weighted by Crippen LogP contribution is 2.12. The van der Waals surface area contributed by atoms with Gasteiger partial charge in [-0.15, -0.1) is 0 Å². The molecule has 1 fully saturated rings. The molecule has 0 saturated carbocycles. The molecule has 6 heteroatoms. The minimum absolute atomic E-state index is 0.271. The second-order valence-electron chi connectivity index (χ2n) is 4.14. The molecule has 1 aliphatic rings. The van der Waals surface area contributed by atoms with Gasteiger partial charge in [-0.3, -0.25) is 4.98 Å². The minimum Gasteiger partial charge on any atom is -0.317 e. The van der Waals surface area contributed by atoms with Crippen molar-refractivity contribution >= 4 is 10.0 Å². The highest BCUT2D eigenvalue weighted by molar-refractivity contribution is 7.90. The Balaban J connectivity index is 1.93. The summed E-state index contributed by atoms with van der Waals surface area (Å²) in [6, 6.07) is 5.47. The second kappa shape index (κ2) is 5.57. The Kier molecular flexibility index (Phi) is 4.09. The van der Waals surface area contributed by atoms with Gasteiger partial charge in [0.1, 0.15) is 0 Å². The maximum Gasteiger partial charge on any atom is 0.214 e. The fourth-order valence-electron chi connectivity index (χ4n) is 1.90. The van der Waals surface area contributed by atoms with E-state index in [0.29, 0.717) is 12.8 Å². The molecule has 0 radical (unpaired) electrons. The Labute approximate surface area is 102 Å². The molecule has 1 aromatic rings. The van der Waals surface area contributed by atoms with Crippen LogP contribution in [0.4, 0.5) is 0 Å². The largest absolute Gasteiger partial charge is 0.317 e. The van der Waals surface area contributed by atoms with Gasteiger partial charge in [-0.2, -0.15) is 0 Å². The molecule has 17 heavy (non-hydrogen) atoms. The van der Waals surface area contributed by atoms with Gasteiger partial charge in [0.15, 0.2) is 0 Å². The van der Waals surface area contributed by atoms with Crippen LogP contribution in [0, 0.1) is 0 Å². The first-order valence-electron chi connectivity index (χ1n) is 5.77. The van der Waals surface area contributed by atoms with Gasteiger partial charge < -0.3 is 5.32 Å². The van der Waals surface area contributed by atoms with Crippen molar-refractivity contribution in [2.24, 2.45) is 0 Å². The molecule has 0 bridgehead atoms. The Morgan fingerprint density at radius 3 is 2.76 bits per heavy atom. The topological polar surface area (TPSA) is 71.1 Å². The normalized spacial score (nSPS) is 18.1. The molecule has 2 rings (SSSR count). The fourth-order valence-corrected chi connectivity index (χ4v) is 3.34. The van der Waals surface area contributed by atoms with E-state index in [2.05, 4.69) is 15.0 Å². The van der Waals surface area contributed by atoms with Gasteiger partial charge in [0.2, 0.25) is 10.0 Å². The third-order valence-corrected chi connectivity index (χ3v) is 4.80. The molecule has 1 saturated heterocycles. The van der Waals surface area contributed by atoms with Gasteiger partial charge in [-0.05, 0) is 38.1 Å². The van der Waals surface area contributed by atoms with Crippen LogP contribution in [0.2, 0.25) is 0 Å². The van der Waals surface area contributed by atoms with Crippen LogP contribution in [0.3, 0.4) is 0 Å². The van der Waals surface area contributed by atoms with E-state index in [1.54, 1.807) is 6.20 Å². The van der Waals surface area contributed by atoms with E-state index in [1.165, 1.54) is 0 Å². The summed E-state index contributed by atoms with van der Waals surface area (Å²) in [6.07, 6.45) is 3.02. The van der Waals surface area contributed by atoms with Crippen molar-refractivity contribution in [2.75, 3.05) is 13.1 Å². The van der Waals surface area contributed by atoms with Crippen LogP contribution >= 0.6 is 0 Å². The summed E-state index contributed by atoms with van der Waals surface area (Å²) < 4.78 is 26.6. The lowest BCUT2D eigenvalue weighted by atomic mass is 10.2. The zero-order valence-corrected chi connectivity index (χ0v) is 10.4. The van der Waals surface area contributed by atoms with Crippen LogP contribution in [-0.4, -0.2) is 31.7 Å². The van der Waals surface area contributed by atoms with Crippen molar-refractivity contribution in [2.45, 2.75) is 24.6 Å². The van der Waals surface area contributed by atoms with Crippen LogP contribution < -0.4 is 10.0 Å². The first-order valence-corrected chi connectivity index (χ1v) is 7.32. The molecule has 5 nitrogen and oxygen atoms in total. The third kappa shape index (κ3) is 3.49. The fraction of sp³-hybridized carbons (Fsp3) is 0.545. The molecular weight excluding hydrogens is 238 g/mol. The SMILES string of the molecule is O=S(=O)(NCc1ccccn1)C1CCNCC1. The number of hydrogen-bond acceptors (Lipinski definition) is 4. The van der Waals surface area contributed by atoms with Crippen LogP contribution in [0.1, 0.15) is 18.5 Å². The summed E-state index contributed by atoms with van der Waals surface area (Å²) in [5.74, 6) is 0. The summed E-state index contributed by atoms with van der Waals surface area (Å²) in [5.41, 5.74) is 0.741. The standard InChI is InChI=1S/C11H17N3O2S/c15-17(16,11-4-7-12-8-5-11)14-9-10-3-1-2-6-13-10/h1-3,6,11-12,14H,4-5,7-9H2. The zero-order chi connectivity index (χ0) is 12.1. The van der Waals surface area contributed by atoms with E-state index < -0.39 is 10.0 Å². The van der Waals surface area contributed by atoms with Crippen molar-refractivity contribution in [3.05, 3.63) is 30.1 Å². The van der Waals surface area contributed by atoms with E-state index in [-0.39, 0.29) is 11.8 Å². The molecular formula is C11H17N3O2S. The summed E-state index contributed by atoms with van der Waals surface area (Å²) in [7, 11) is -3.21. The quantitative estimate of drug-likeness (QED) is 0.809. The van der Waals surface area contributed by atoms with Gasteiger partial charge >= 0.3 is 0 Å². The lowest BCUT2D eigenvalue weighted by molar-refractivity contribution is 0.489. The van der Waals surface area contributed by atoms with E-state index >= 15 is 0 Å². The van der Waals surface area contributed by atoms with Crippen molar-refractivity contribution in [3.8, 4) is 0 Å². The molecule has 2 N–H and O–H groups in total. The number of sulfonamides is 1. The van der Waals surface area contributed by atoms with Crippen LogP contribution in [0.25, 0.3) is 0 Å². The Morgan fingerprint density at radius 2 is 2.12 bits per heavy atom. The predicted octanol–water partition coefficient (Wildman–Crippen LogP) is 0.253. The average molecular weight is 255 g/mol. The zero-order valence-electron chi connectivity index (χ0n) is 9.59. The lowest BCUT2D eigenvalue weighted by Gasteiger charge is -2.22. The number of piperidine rings is 1. The van der Waals surface area contributed by atoms with E-state index in [1.807, 2.05) is 18.2 Å². The predicted molar refractivity (Wildman–Crippen MR) is 65.9 cm³/mol. The molecule has 2 heterocycles. The molecule has 1 aromatic heterocycles. The molecule has 0 aromatic carbocycles. The van der Waals surface area contributed by atoms with Crippen molar-refractivity contribution in [1.82, 2.24) is 15.0 Å². The first kappa shape index (κ1) is 12.5. The Hall–Kier alpha value is -0.980. The third-order valence-electron chi connectivity index (χ3n) is 2.91. The molecule has 0 amide bonds. The number of nitrogens with zero attached hydrogens (tertiary/aromatic N) is 1. The number of rotatable bonds is 4. The molecule has 0 atom stereocenters. The van der Waals surface area contributed by atoms with E-state index in [9.17, 15) is 8.42 Å². The molecule has 1 aliphatic heterocycles. The average Bonchev–Trinajstić information content (AvgIpc) is 2.39. The number of nitrogens with one attached hydrogen (secondary N) is 2. The van der Waals surface area contributed by atoms with E-state index in [4.69, 9.17) is 0 Å². The molecule has 0 unspecified atom stereocenters. The summed E-state index contributed by atoms with van der Waals surface area (Å²) in [6.45, 7) is 1.82. The first-order chi connectivity index (χ1) is 8.18. The smallest absolute Gasteiger partial charge is 0.214 e. The minimum atomic E-state index is -3.21. The highest BCUT2D eigenvalue weighted by Gasteiger charge is 2.26. The van der Waals surface area contributed by atoms with Gasteiger partial charge in [-0.1, -0.05) is 6.07 Å². The van der Waals surface area contributed by atoms with Crippen molar-refractivity contribution in [3.63, 3.8) is 0 Å². The van der Waals surface area contributed by atoms with Gasteiger partial charge in [0.25, 0.3) is 0 Å². The second-order valence-corrected chi connectivity index (χ2v) is 6.18. The summed E-state index contributed by atoms with van der Waals surface area (Å²) in [4.78, 5) is 4.09. The van der Waals surface area contributed by atoms with Crippen molar-refractivity contribution < 1.29 is 8.42 Å². The molecule has 94 valence electrons. The lowest BCUT2D eigenvalue weighted by Crippen LogP contribution is -2.41. The van der Waals surface area contributed by atoms with E-state index in [0.717, 1.165) is 18.8 Å². The van der Waals surface area contributed by atoms with Crippen LogP contribution in [0.15, 0.2) is 24.4 Å². The highest BCUT2D eigenvalue weighted by atomic mass is 32.2.